The van der Waals surface area contributed by atoms with Gasteiger partial charge in [0.25, 0.3) is 0 Å². The van der Waals surface area contributed by atoms with E-state index in [2.05, 4.69) is 12.2 Å². The number of pyridine rings is 1. The first kappa shape index (κ1) is 20.1. The predicted octanol–water partition coefficient (Wildman–Crippen LogP) is 4.57. The van der Waals surface area contributed by atoms with Crippen LogP contribution in [0.3, 0.4) is 0 Å². The third-order valence-electron chi connectivity index (χ3n) is 5.87. The molecule has 1 aliphatic heterocycles. The summed E-state index contributed by atoms with van der Waals surface area (Å²) in [5, 5.41) is 12.9. The van der Waals surface area contributed by atoms with E-state index in [4.69, 9.17) is 4.74 Å². The van der Waals surface area contributed by atoms with E-state index in [9.17, 15) is 23.5 Å². The zero-order valence-electron chi connectivity index (χ0n) is 16.7. The van der Waals surface area contributed by atoms with Crippen molar-refractivity contribution >= 4 is 28.2 Å². The lowest BCUT2D eigenvalue weighted by Crippen LogP contribution is -2.26. The molecule has 1 unspecified atom stereocenters. The smallest absolute Gasteiger partial charge is 0.387 e. The Hall–Kier alpha value is -2.78. The van der Waals surface area contributed by atoms with E-state index in [1.165, 1.54) is 29.2 Å². The Balaban J connectivity index is 1.80. The minimum absolute atomic E-state index is 0.0442. The molecule has 162 valence electrons. The Morgan fingerprint density at radius 3 is 2.77 bits per heavy atom. The average Bonchev–Trinajstić information content (AvgIpc) is 3.46. The highest BCUT2D eigenvalue weighted by Gasteiger charge is 2.30. The number of alkyl halides is 2. The van der Waals surface area contributed by atoms with E-state index in [-0.39, 0.29) is 34.3 Å². The Morgan fingerprint density at radius 2 is 2.13 bits per heavy atom. The number of nitrogens with one attached hydrogen (secondary N) is 1. The first-order valence-corrected chi connectivity index (χ1v) is 10.9. The minimum atomic E-state index is -3.08. The van der Waals surface area contributed by atoms with Gasteiger partial charge in [-0.1, -0.05) is 0 Å². The molecule has 3 aromatic rings. The van der Waals surface area contributed by atoms with Crippen LogP contribution < -0.4 is 15.5 Å². The van der Waals surface area contributed by atoms with Crippen LogP contribution in [-0.2, 0) is 6.42 Å². The summed E-state index contributed by atoms with van der Waals surface area (Å²) >= 11 is 1.52. The number of nitrogens with zero attached hydrogens (tertiary/aromatic N) is 1. The monoisotopic (exact) mass is 446 g/mol. The van der Waals surface area contributed by atoms with Crippen molar-refractivity contribution in [2.45, 2.75) is 44.9 Å². The summed E-state index contributed by atoms with van der Waals surface area (Å²) in [6.07, 6.45) is 3.68. The average molecular weight is 446 g/mol. The van der Waals surface area contributed by atoms with Gasteiger partial charge in [0.1, 0.15) is 5.56 Å². The van der Waals surface area contributed by atoms with Crippen molar-refractivity contribution in [1.29, 1.82) is 0 Å². The second-order valence-electron chi connectivity index (χ2n) is 7.96. The number of benzene rings is 1. The number of thiophene rings is 1. The number of aromatic nitrogens is 1. The molecule has 0 amide bonds. The second-order valence-corrected chi connectivity index (χ2v) is 9.04. The van der Waals surface area contributed by atoms with Gasteiger partial charge in [0.2, 0.25) is 5.43 Å². The Kier molecular flexibility index (Phi) is 4.82. The number of halogens is 2. The standard InChI is InChI=1S/C22H20F2N2O4S/c1-10-20-11(6-7-25-10)8-16(31-20)13-4-5-14-17(19(13)30-22(23)24)26(12-2-3-12)9-15(18(14)27)21(28)29/h4-5,8-10,12,22,25H,2-3,6-7H2,1H3,(H,28,29). The third kappa shape index (κ3) is 3.41. The van der Waals surface area contributed by atoms with Crippen molar-refractivity contribution in [2.24, 2.45) is 0 Å². The Bertz CT molecular complexity index is 1260. The molecule has 0 saturated heterocycles. The molecule has 2 N–H and O–H groups in total. The number of fused-ring (bicyclic) bond motifs is 2. The number of hydrogen-bond donors (Lipinski definition) is 2. The summed E-state index contributed by atoms with van der Waals surface area (Å²) in [7, 11) is 0. The molecule has 1 atom stereocenters. The van der Waals surface area contributed by atoms with Gasteiger partial charge in [0.05, 0.1) is 10.9 Å². The van der Waals surface area contributed by atoms with Crippen LogP contribution in [0.1, 0.15) is 52.6 Å². The fourth-order valence-electron chi connectivity index (χ4n) is 4.27. The molecule has 2 aliphatic rings. The fraction of sp³-hybridized carbons (Fsp3) is 0.364. The molecule has 1 fully saturated rings. The highest BCUT2D eigenvalue weighted by molar-refractivity contribution is 7.15. The second kappa shape index (κ2) is 7.42. The lowest BCUT2D eigenvalue weighted by molar-refractivity contribution is -0.0486. The fourth-order valence-corrected chi connectivity index (χ4v) is 5.53. The van der Waals surface area contributed by atoms with E-state index in [1.54, 1.807) is 10.6 Å². The number of ether oxygens (including phenoxy) is 1. The van der Waals surface area contributed by atoms with Crippen LogP contribution in [0.25, 0.3) is 21.3 Å². The van der Waals surface area contributed by atoms with Gasteiger partial charge >= 0.3 is 12.6 Å². The van der Waals surface area contributed by atoms with Gasteiger partial charge in [0.15, 0.2) is 5.75 Å². The topological polar surface area (TPSA) is 80.6 Å². The number of hydrogen-bond acceptors (Lipinski definition) is 5. The summed E-state index contributed by atoms with van der Waals surface area (Å²) in [6, 6.07) is 5.24. The molecule has 9 heteroatoms. The molecule has 3 heterocycles. The van der Waals surface area contributed by atoms with Crippen LogP contribution in [0, 0.1) is 0 Å². The van der Waals surface area contributed by atoms with Crippen molar-refractivity contribution in [3.8, 4) is 16.2 Å². The molecule has 1 saturated carbocycles. The van der Waals surface area contributed by atoms with Gasteiger partial charge in [-0.2, -0.15) is 8.78 Å². The largest absolute Gasteiger partial charge is 0.477 e. The number of carbonyl (C=O) groups is 1. The molecular weight excluding hydrogens is 426 g/mol. The maximum Gasteiger partial charge on any atom is 0.387 e. The molecule has 31 heavy (non-hydrogen) atoms. The molecule has 0 spiro atoms. The zero-order valence-corrected chi connectivity index (χ0v) is 17.5. The van der Waals surface area contributed by atoms with E-state index in [1.807, 2.05) is 6.07 Å². The van der Waals surface area contributed by atoms with Gasteiger partial charge in [-0.05, 0) is 56.5 Å². The predicted molar refractivity (Wildman–Crippen MR) is 114 cm³/mol. The molecule has 5 rings (SSSR count). The summed E-state index contributed by atoms with van der Waals surface area (Å²) < 4.78 is 33.6. The van der Waals surface area contributed by atoms with Crippen LogP contribution in [0.5, 0.6) is 5.75 Å². The maximum absolute atomic E-state index is 13.5. The van der Waals surface area contributed by atoms with Gasteiger partial charge in [-0.25, -0.2) is 4.79 Å². The van der Waals surface area contributed by atoms with Crippen LogP contribution in [0.15, 0.2) is 29.2 Å². The number of aromatic carboxylic acids is 1. The van der Waals surface area contributed by atoms with Crippen molar-refractivity contribution in [3.63, 3.8) is 0 Å². The zero-order chi connectivity index (χ0) is 21.9. The molecule has 1 aliphatic carbocycles. The quantitative estimate of drug-likeness (QED) is 0.600. The Morgan fingerprint density at radius 1 is 1.35 bits per heavy atom. The summed E-state index contributed by atoms with van der Waals surface area (Å²) in [5.41, 5.74) is 0.814. The first-order chi connectivity index (χ1) is 14.8. The Labute approximate surface area is 180 Å². The minimum Gasteiger partial charge on any atom is -0.477 e. The summed E-state index contributed by atoms with van der Waals surface area (Å²) in [4.78, 5) is 26.3. The highest BCUT2D eigenvalue weighted by atomic mass is 32.1. The lowest BCUT2D eigenvalue weighted by Gasteiger charge is -2.19. The summed E-state index contributed by atoms with van der Waals surface area (Å²) in [6.45, 7) is -0.170. The number of carboxylic acid groups (broad SMARTS) is 1. The van der Waals surface area contributed by atoms with Crippen molar-refractivity contribution in [2.75, 3.05) is 6.54 Å². The molecule has 1 aromatic carbocycles. The number of carboxylic acids is 1. The molecule has 0 bridgehead atoms. The summed E-state index contributed by atoms with van der Waals surface area (Å²) in [5.74, 6) is -1.42. The third-order valence-corrected chi connectivity index (χ3v) is 7.26. The van der Waals surface area contributed by atoms with Gasteiger partial charge in [-0.15, -0.1) is 11.3 Å². The molecule has 2 aromatic heterocycles. The maximum atomic E-state index is 13.5. The van der Waals surface area contributed by atoms with Crippen LogP contribution in [0.2, 0.25) is 0 Å². The van der Waals surface area contributed by atoms with Crippen molar-refractivity contribution in [1.82, 2.24) is 9.88 Å². The highest BCUT2D eigenvalue weighted by Crippen LogP contribution is 2.46. The van der Waals surface area contributed by atoms with E-state index in [0.717, 1.165) is 35.6 Å². The molecule has 0 radical (unpaired) electrons. The van der Waals surface area contributed by atoms with Crippen LogP contribution in [0.4, 0.5) is 8.78 Å². The lowest BCUT2D eigenvalue weighted by atomic mass is 10.0. The van der Waals surface area contributed by atoms with E-state index in [0.29, 0.717) is 5.56 Å². The van der Waals surface area contributed by atoms with Crippen LogP contribution in [-0.4, -0.2) is 28.8 Å². The van der Waals surface area contributed by atoms with Gasteiger partial charge in [-0.3, -0.25) is 4.79 Å². The molecular formula is C22H20F2N2O4S. The SMILES string of the molecule is CC1NCCc2cc(-c3ccc4c(=O)c(C(=O)O)cn(C5CC5)c4c3OC(F)F)sc21. The first-order valence-electron chi connectivity index (χ1n) is 10.1. The van der Waals surface area contributed by atoms with Crippen LogP contribution >= 0.6 is 11.3 Å². The number of rotatable bonds is 5. The van der Waals surface area contributed by atoms with Crippen molar-refractivity contribution in [3.05, 3.63) is 50.6 Å². The van der Waals surface area contributed by atoms with Gasteiger partial charge in [0, 0.05) is 33.6 Å². The molecule has 6 nitrogen and oxygen atoms in total. The normalized spacial score (nSPS) is 18.4. The van der Waals surface area contributed by atoms with E-state index < -0.39 is 18.0 Å². The van der Waals surface area contributed by atoms with Gasteiger partial charge < -0.3 is 19.7 Å². The van der Waals surface area contributed by atoms with Crippen molar-refractivity contribution < 1.29 is 23.4 Å². The van der Waals surface area contributed by atoms with E-state index >= 15 is 0 Å².